The normalized spacial score (nSPS) is 29.8. The van der Waals surface area contributed by atoms with Crippen LogP contribution in [0.4, 0.5) is 5.95 Å². The fraction of sp³-hybridized carbons (Fsp3) is 0.545. The highest BCUT2D eigenvalue weighted by atomic mass is 31.2. The van der Waals surface area contributed by atoms with E-state index in [0.717, 1.165) is 6.66 Å². The Morgan fingerprint density at radius 3 is 2.96 bits per heavy atom. The van der Waals surface area contributed by atoms with Gasteiger partial charge in [-0.3, -0.25) is 23.4 Å². The summed E-state index contributed by atoms with van der Waals surface area (Å²) in [6.07, 6.45) is -2.11. The number of nitrogens with two attached hydrogens (primary N) is 1. The van der Waals surface area contributed by atoms with Crippen LogP contribution in [0.2, 0.25) is 6.32 Å². The van der Waals surface area contributed by atoms with Crippen molar-refractivity contribution in [2.24, 2.45) is 0 Å². The number of nitrogens with zero attached hydrogens (tertiary/aromatic N) is 3. The second-order valence-corrected chi connectivity index (χ2v) is 7.43. The van der Waals surface area contributed by atoms with E-state index >= 15 is 0 Å². The second kappa shape index (κ2) is 5.98. The zero-order valence-corrected chi connectivity index (χ0v) is 13.9. The Balaban J connectivity index is 2.01. The van der Waals surface area contributed by atoms with Crippen LogP contribution in [0.3, 0.4) is 0 Å². The Morgan fingerprint density at radius 1 is 1.62 bits per heavy atom. The summed E-state index contributed by atoms with van der Waals surface area (Å²) in [6, 6.07) is 0. The van der Waals surface area contributed by atoms with Gasteiger partial charge < -0.3 is 20.5 Å². The minimum atomic E-state index is -3.83. The number of rotatable bonds is 4. The Kier molecular flexibility index (Phi) is 4.26. The number of fused-ring (bicyclic) bond motifs is 1. The van der Waals surface area contributed by atoms with Gasteiger partial charge in [-0.15, -0.1) is 0 Å². The van der Waals surface area contributed by atoms with Crippen molar-refractivity contribution in [3.05, 3.63) is 16.7 Å². The van der Waals surface area contributed by atoms with Gasteiger partial charge in [0, 0.05) is 6.66 Å². The average Bonchev–Trinajstić information content (AvgIpc) is 3.00. The molecular weight excluding hydrogens is 340 g/mol. The number of aromatic nitrogens is 4. The molecule has 3 heterocycles. The molecule has 3 rings (SSSR count). The maximum atomic E-state index is 11.8. The summed E-state index contributed by atoms with van der Waals surface area (Å²) in [5, 5.41) is 10.5. The molecule has 5 atom stereocenters. The zero-order chi connectivity index (χ0) is 17.6. The monoisotopic (exact) mass is 357 g/mol. The topological polar surface area (TPSA) is 166 Å². The highest BCUT2D eigenvalue weighted by molar-refractivity contribution is 7.51. The first kappa shape index (κ1) is 17.1. The van der Waals surface area contributed by atoms with Crippen molar-refractivity contribution in [1.29, 1.82) is 0 Å². The van der Waals surface area contributed by atoms with Crippen LogP contribution in [0.1, 0.15) is 6.23 Å². The molecular formula is C11H17BN5O6P. The Labute approximate surface area is 136 Å². The molecule has 2 aromatic heterocycles. The lowest BCUT2D eigenvalue weighted by atomic mass is 9.95. The summed E-state index contributed by atoms with van der Waals surface area (Å²) in [5.41, 5.74) is 5.21. The van der Waals surface area contributed by atoms with Crippen molar-refractivity contribution < 1.29 is 23.8 Å². The lowest BCUT2D eigenvalue weighted by Gasteiger charge is -2.21. The Hall–Kier alpha value is -1.72. The number of ether oxygens (including phenoxy) is 1. The summed E-state index contributed by atoms with van der Waals surface area (Å²) in [5.74, 6) is -0.102. The number of anilines is 1. The van der Waals surface area contributed by atoms with Gasteiger partial charge in [-0.25, -0.2) is 4.98 Å². The molecule has 2 aromatic rings. The van der Waals surface area contributed by atoms with Crippen LogP contribution in [-0.4, -0.2) is 62.3 Å². The summed E-state index contributed by atoms with van der Waals surface area (Å²) in [4.78, 5) is 31.6. The second-order valence-electron chi connectivity index (χ2n) is 5.61. The number of H-pyrrole nitrogens is 1. The smallest absolute Gasteiger partial charge is 0.325 e. The molecule has 0 radical (unpaired) electrons. The molecule has 0 spiro atoms. The predicted molar refractivity (Wildman–Crippen MR) is 86.5 cm³/mol. The molecule has 0 saturated carbocycles. The number of hydrogen-bond acceptors (Lipinski definition) is 8. The maximum absolute atomic E-state index is 11.8. The van der Waals surface area contributed by atoms with E-state index in [9.17, 15) is 19.4 Å². The fourth-order valence-corrected chi connectivity index (χ4v) is 3.48. The highest BCUT2D eigenvalue weighted by Gasteiger charge is 2.47. The quantitative estimate of drug-likeness (QED) is 0.365. The molecule has 1 fully saturated rings. The SMILES string of the molecule is BC[C@H]1O[C@@H](n2cnc3c(=O)[nH]c(N)nc32)[C@H](O)[C@@H]1OP(C)(=O)O. The zero-order valence-electron chi connectivity index (χ0n) is 13.0. The number of aliphatic hydroxyl groups is 1. The van der Waals surface area contributed by atoms with E-state index in [0.29, 0.717) is 6.32 Å². The van der Waals surface area contributed by atoms with Gasteiger partial charge in [-0.05, 0) is 0 Å². The van der Waals surface area contributed by atoms with E-state index < -0.39 is 37.7 Å². The molecule has 5 N–H and O–H groups in total. The van der Waals surface area contributed by atoms with Crippen molar-refractivity contribution in [3.8, 4) is 0 Å². The van der Waals surface area contributed by atoms with Gasteiger partial charge in [-0.1, -0.05) is 6.32 Å². The molecule has 1 aliphatic heterocycles. The highest BCUT2D eigenvalue weighted by Crippen LogP contribution is 2.45. The summed E-state index contributed by atoms with van der Waals surface area (Å²) >= 11 is 0. The summed E-state index contributed by atoms with van der Waals surface area (Å²) in [7, 11) is -2.03. The van der Waals surface area contributed by atoms with E-state index in [1.807, 2.05) is 0 Å². The molecule has 0 aromatic carbocycles. The minimum Gasteiger partial charge on any atom is -0.386 e. The van der Waals surface area contributed by atoms with E-state index in [-0.39, 0.29) is 17.1 Å². The van der Waals surface area contributed by atoms with Gasteiger partial charge in [-0.2, -0.15) is 4.98 Å². The Morgan fingerprint density at radius 2 is 2.33 bits per heavy atom. The molecule has 13 heteroatoms. The third-order valence-corrected chi connectivity index (χ3v) is 4.39. The van der Waals surface area contributed by atoms with Crippen LogP contribution in [0.25, 0.3) is 11.2 Å². The van der Waals surface area contributed by atoms with Crippen molar-refractivity contribution in [1.82, 2.24) is 19.5 Å². The number of nitrogen functional groups attached to an aromatic ring is 1. The number of nitrogens with one attached hydrogen (secondary N) is 1. The molecule has 1 unspecified atom stereocenters. The molecule has 0 aliphatic carbocycles. The van der Waals surface area contributed by atoms with Crippen LogP contribution in [0.5, 0.6) is 0 Å². The predicted octanol–water partition coefficient (Wildman–Crippen LogP) is -1.79. The van der Waals surface area contributed by atoms with Crippen LogP contribution < -0.4 is 11.3 Å². The number of imidazole rings is 1. The minimum absolute atomic E-state index is 0.0424. The molecule has 1 aliphatic rings. The van der Waals surface area contributed by atoms with Crippen LogP contribution >= 0.6 is 7.60 Å². The summed E-state index contributed by atoms with van der Waals surface area (Å²) < 4.78 is 23.7. The molecule has 24 heavy (non-hydrogen) atoms. The largest absolute Gasteiger partial charge is 0.386 e. The van der Waals surface area contributed by atoms with Crippen molar-refractivity contribution in [2.75, 3.05) is 12.4 Å². The lowest BCUT2D eigenvalue weighted by molar-refractivity contribution is -0.0297. The molecule has 0 bridgehead atoms. The van der Waals surface area contributed by atoms with Gasteiger partial charge in [0.15, 0.2) is 17.4 Å². The Bertz CT molecular complexity index is 864. The standard InChI is InChI=1S/C11H17BN5O6P/c1-24(20,21)23-7-4(2-12)22-10(6(7)18)17-3-14-5-8(17)15-11(13)16-9(5)19/h3-4,6-7,10,18H,2,12H2,1H3,(H,20,21)(H3,13,15,16,19)/t4-,6-,7-,10-/m1/s1. The number of hydrogen-bond donors (Lipinski definition) is 4. The number of aliphatic hydroxyl groups excluding tert-OH is 1. The van der Waals surface area contributed by atoms with E-state index in [1.165, 1.54) is 10.9 Å². The van der Waals surface area contributed by atoms with Crippen LogP contribution in [0, 0.1) is 0 Å². The third-order valence-electron chi connectivity index (χ3n) is 3.75. The lowest BCUT2D eigenvalue weighted by Crippen LogP contribution is -2.33. The first-order chi connectivity index (χ1) is 11.2. The van der Waals surface area contributed by atoms with Gasteiger partial charge in [0.05, 0.1) is 12.4 Å². The maximum Gasteiger partial charge on any atom is 0.325 e. The van der Waals surface area contributed by atoms with Gasteiger partial charge in [0.1, 0.15) is 20.1 Å². The van der Waals surface area contributed by atoms with Crippen LogP contribution in [-0.2, 0) is 13.8 Å². The average molecular weight is 357 g/mol. The van der Waals surface area contributed by atoms with Gasteiger partial charge in [0.2, 0.25) is 5.95 Å². The van der Waals surface area contributed by atoms with E-state index in [4.69, 9.17) is 15.0 Å². The van der Waals surface area contributed by atoms with E-state index in [2.05, 4.69) is 15.0 Å². The van der Waals surface area contributed by atoms with Gasteiger partial charge in [0.25, 0.3) is 5.56 Å². The number of aromatic amines is 1. The van der Waals surface area contributed by atoms with E-state index in [1.54, 1.807) is 7.85 Å². The molecule has 130 valence electrons. The molecule has 11 nitrogen and oxygen atoms in total. The molecule has 1 saturated heterocycles. The fourth-order valence-electron chi connectivity index (χ4n) is 2.76. The molecule has 0 amide bonds. The van der Waals surface area contributed by atoms with Crippen LogP contribution in [0.15, 0.2) is 11.1 Å². The van der Waals surface area contributed by atoms with Crippen molar-refractivity contribution >= 4 is 32.6 Å². The summed E-state index contributed by atoms with van der Waals surface area (Å²) in [6.45, 7) is 1.04. The van der Waals surface area contributed by atoms with Gasteiger partial charge >= 0.3 is 7.60 Å². The van der Waals surface area contributed by atoms with Crippen molar-refractivity contribution in [3.63, 3.8) is 0 Å². The first-order valence-electron chi connectivity index (χ1n) is 7.25. The van der Waals surface area contributed by atoms with Crippen molar-refractivity contribution in [2.45, 2.75) is 30.9 Å². The third kappa shape index (κ3) is 2.98. The first-order valence-corrected chi connectivity index (χ1v) is 9.28.